The first kappa shape index (κ1) is 30.0. The van der Waals surface area contributed by atoms with Gasteiger partial charge in [0.1, 0.15) is 0 Å². The van der Waals surface area contributed by atoms with E-state index in [-0.39, 0.29) is 0 Å². The monoisotopic (exact) mass is 692 g/mol. The Kier molecular flexibility index (Phi) is 6.76. The number of aromatic nitrogens is 1. The van der Waals surface area contributed by atoms with Crippen molar-refractivity contribution < 1.29 is 0 Å². The van der Waals surface area contributed by atoms with Gasteiger partial charge in [0.05, 0.1) is 26.9 Å². The van der Waals surface area contributed by atoms with Crippen LogP contribution in [0.3, 0.4) is 0 Å². The van der Waals surface area contributed by atoms with Gasteiger partial charge in [0.15, 0.2) is 0 Å². The van der Waals surface area contributed by atoms with Gasteiger partial charge in [-0.2, -0.15) is 0 Å². The summed E-state index contributed by atoms with van der Waals surface area (Å²) in [4.78, 5) is 2.44. The summed E-state index contributed by atoms with van der Waals surface area (Å²) in [5.41, 5.74) is 12.0. The topological polar surface area (TPSA) is 7.65 Å². The molecule has 11 rings (SSSR count). The number of benzene rings is 8. The molecule has 3 aromatic heterocycles. The minimum absolute atomic E-state index is 1.12. The second-order valence-electron chi connectivity index (χ2n) is 13.7. The Hall–Kier alpha value is -6.68. The minimum atomic E-state index is 1.12. The number of fused-ring (bicyclic) bond motifs is 9. The number of anilines is 3. The van der Waals surface area contributed by atoms with Crippen LogP contribution in [0.15, 0.2) is 194 Å². The maximum atomic E-state index is 2.44. The lowest BCUT2D eigenvalue weighted by molar-refractivity contribution is 1.29. The molecule has 2 nitrogen and oxygen atoms in total. The normalized spacial score (nSPS) is 11.8. The molecule has 0 saturated carbocycles. The Morgan fingerprint density at radius 2 is 1.08 bits per heavy atom. The summed E-state index contributed by atoms with van der Waals surface area (Å²) in [6, 6.07) is 70.9. The summed E-state index contributed by atoms with van der Waals surface area (Å²) in [6.45, 7) is 0. The van der Waals surface area contributed by atoms with Crippen molar-refractivity contribution in [3.63, 3.8) is 0 Å². The molecule has 3 heteroatoms. The van der Waals surface area contributed by atoms with E-state index in [1.165, 1.54) is 86.2 Å². The Labute approximate surface area is 311 Å². The molecule has 0 aliphatic carbocycles. The summed E-state index contributed by atoms with van der Waals surface area (Å²) in [5.74, 6) is 0. The fourth-order valence-electron chi connectivity index (χ4n) is 8.37. The molecule has 0 aliphatic rings. The van der Waals surface area contributed by atoms with Crippen LogP contribution in [0.4, 0.5) is 17.1 Å². The van der Waals surface area contributed by atoms with Gasteiger partial charge < -0.3 is 9.30 Å². The van der Waals surface area contributed by atoms with Crippen LogP contribution in [-0.4, -0.2) is 4.40 Å². The maximum absolute atomic E-state index is 2.44. The molecular formula is C50H32N2S. The number of rotatable bonds is 5. The SMILES string of the molecule is c1ccc(-c2c3ccccc3n3c2ccc2cc(N(c4ccc(-c5cccc6ccccc56)cc4)c4cccc5c4sc4ccccc45)ccc23)cc1. The van der Waals surface area contributed by atoms with Gasteiger partial charge >= 0.3 is 0 Å². The van der Waals surface area contributed by atoms with Crippen molar-refractivity contribution in [2.24, 2.45) is 0 Å². The van der Waals surface area contributed by atoms with E-state index in [2.05, 4.69) is 203 Å². The molecule has 53 heavy (non-hydrogen) atoms. The summed E-state index contributed by atoms with van der Waals surface area (Å²) in [5, 5.41) is 7.56. The summed E-state index contributed by atoms with van der Waals surface area (Å²) < 4.78 is 5.02. The largest absolute Gasteiger partial charge is 0.309 e. The number of para-hydroxylation sites is 1. The zero-order chi connectivity index (χ0) is 34.9. The molecule has 0 aliphatic heterocycles. The van der Waals surface area contributed by atoms with E-state index in [0.29, 0.717) is 0 Å². The smallest absolute Gasteiger partial charge is 0.0640 e. The standard InChI is InChI=1S/C50H32N2S/c1-2-13-35(14-3-1)49-43-18-6-8-21-45(43)52-44-31-29-38(32-36(44)26-30-46(49)52)51(47-22-11-20-42-41-17-7-9-23-48(41)53-50(42)47)37-27-24-34(25-28-37)40-19-10-15-33-12-4-5-16-39(33)40/h1-32H. The molecule has 0 spiro atoms. The van der Waals surface area contributed by atoms with E-state index < -0.39 is 0 Å². The zero-order valence-corrected chi connectivity index (χ0v) is 29.6. The molecule has 0 radical (unpaired) electrons. The van der Waals surface area contributed by atoms with Gasteiger partial charge in [-0.05, 0) is 82.1 Å². The van der Waals surface area contributed by atoms with Crippen molar-refractivity contribution in [2.45, 2.75) is 0 Å². The number of pyridine rings is 1. The molecule has 0 fully saturated rings. The van der Waals surface area contributed by atoms with E-state index >= 15 is 0 Å². The molecule has 0 atom stereocenters. The summed E-state index contributed by atoms with van der Waals surface area (Å²) in [6.07, 6.45) is 0. The third-order valence-corrected chi connectivity index (χ3v) is 12.0. The van der Waals surface area contributed by atoms with Crippen LogP contribution in [0.5, 0.6) is 0 Å². The first-order valence-corrected chi connectivity index (χ1v) is 18.9. The van der Waals surface area contributed by atoms with Crippen molar-refractivity contribution in [1.29, 1.82) is 0 Å². The predicted molar refractivity (Wildman–Crippen MR) is 228 cm³/mol. The maximum Gasteiger partial charge on any atom is 0.0640 e. The first-order chi connectivity index (χ1) is 26.3. The van der Waals surface area contributed by atoms with Gasteiger partial charge in [0, 0.05) is 43.2 Å². The highest BCUT2D eigenvalue weighted by Gasteiger charge is 2.20. The Bertz CT molecular complexity index is 3160. The van der Waals surface area contributed by atoms with Gasteiger partial charge in [-0.15, -0.1) is 11.3 Å². The molecule has 11 aromatic rings. The first-order valence-electron chi connectivity index (χ1n) is 18.1. The molecule has 0 unspecified atom stereocenters. The number of nitrogens with zero attached hydrogens (tertiary/aromatic N) is 2. The number of thiophene rings is 1. The van der Waals surface area contributed by atoms with Gasteiger partial charge in [-0.25, -0.2) is 0 Å². The predicted octanol–water partition coefficient (Wildman–Crippen LogP) is 14.6. The van der Waals surface area contributed by atoms with Crippen LogP contribution >= 0.6 is 11.3 Å². The van der Waals surface area contributed by atoms with Crippen molar-refractivity contribution in [3.8, 4) is 22.3 Å². The van der Waals surface area contributed by atoms with Crippen molar-refractivity contribution in [3.05, 3.63) is 194 Å². The lowest BCUT2D eigenvalue weighted by atomic mass is 9.98. The molecule has 0 N–H and O–H groups in total. The molecule has 3 heterocycles. The van der Waals surface area contributed by atoms with Crippen LogP contribution in [0.1, 0.15) is 0 Å². The molecule has 8 aromatic carbocycles. The van der Waals surface area contributed by atoms with E-state index in [0.717, 1.165) is 11.4 Å². The quantitative estimate of drug-likeness (QED) is 0.174. The van der Waals surface area contributed by atoms with Crippen LogP contribution < -0.4 is 4.90 Å². The molecule has 0 bridgehead atoms. The average molecular weight is 693 g/mol. The van der Waals surface area contributed by atoms with Crippen molar-refractivity contribution >= 4 is 86.7 Å². The van der Waals surface area contributed by atoms with Gasteiger partial charge in [-0.1, -0.05) is 140 Å². The van der Waals surface area contributed by atoms with Gasteiger partial charge in [0.2, 0.25) is 0 Å². The summed E-state index contributed by atoms with van der Waals surface area (Å²) >= 11 is 1.87. The Balaban J connectivity index is 1.12. The van der Waals surface area contributed by atoms with Crippen LogP contribution in [-0.2, 0) is 0 Å². The van der Waals surface area contributed by atoms with Crippen LogP contribution in [0.2, 0.25) is 0 Å². The lowest BCUT2D eigenvalue weighted by Gasteiger charge is -2.27. The van der Waals surface area contributed by atoms with E-state index in [1.807, 2.05) is 11.3 Å². The molecule has 0 amide bonds. The molecular weight excluding hydrogens is 661 g/mol. The van der Waals surface area contributed by atoms with E-state index in [9.17, 15) is 0 Å². The highest BCUT2D eigenvalue weighted by atomic mass is 32.1. The van der Waals surface area contributed by atoms with Gasteiger partial charge in [-0.3, -0.25) is 0 Å². The van der Waals surface area contributed by atoms with Crippen molar-refractivity contribution in [2.75, 3.05) is 4.90 Å². The third-order valence-electron chi connectivity index (χ3n) is 10.8. The highest BCUT2D eigenvalue weighted by Crippen LogP contribution is 2.46. The highest BCUT2D eigenvalue weighted by molar-refractivity contribution is 7.26. The lowest BCUT2D eigenvalue weighted by Crippen LogP contribution is -2.10. The van der Waals surface area contributed by atoms with Crippen LogP contribution in [0, 0.1) is 0 Å². The fourth-order valence-corrected chi connectivity index (χ4v) is 9.58. The molecule has 248 valence electrons. The number of hydrogen-bond acceptors (Lipinski definition) is 2. The molecule has 0 saturated heterocycles. The number of hydrogen-bond donors (Lipinski definition) is 0. The van der Waals surface area contributed by atoms with Crippen LogP contribution in [0.25, 0.3) is 80.5 Å². The van der Waals surface area contributed by atoms with Gasteiger partial charge in [0.25, 0.3) is 0 Å². The second kappa shape index (κ2) is 11.9. The second-order valence-corrected chi connectivity index (χ2v) is 14.8. The Morgan fingerprint density at radius 1 is 0.396 bits per heavy atom. The average Bonchev–Trinajstić information content (AvgIpc) is 3.78. The zero-order valence-electron chi connectivity index (χ0n) is 28.8. The third kappa shape index (κ3) is 4.71. The Morgan fingerprint density at radius 3 is 1.96 bits per heavy atom. The fraction of sp³-hybridized carbons (Fsp3) is 0. The minimum Gasteiger partial charge on any atom is -0.309 e. The van der Waals surface area contributed by atoms with E-state index in [4.69, 9.17) is 0 Å². The van der Waals surface area contributed by atoms with Crippen molar-refractivity contribution in [1.82, 2.24) is 4.40 Å². The van der Waals surface area contributed by atoms with E-state index in [1.54, 1.807) is 0 Å². The summed E-state index contributed by atoms with van der Waals surface area (Å²) in [7, 11) is 0.